The molecule has 1 atom stereocenters. The Bertz CT molecular complexity index is 690. The van der Waals surface area contributed by atoms with Gasteiger partial charge in [-0.2, -0.15) is 5.26 Å². The number of nitrogens with zero attached hydrogens (tertiary/aromatic N) is 1. The van der Waals surface area contributed by atoms with Crippen LogP contribution in [0.4, 0.5) is 0 Å². The van der Waals surface area contributed by atoms with Crippen molar-refractivity contribution in [2.45, 2.75) is 25.7 Å². The van der Waals surface area contributed by atoms with Gasteiger partial charge in [-0.3, -0.25) is 0 Å². The molecule has 0 radical (unpaired) electrons. The first-order chi connectivity index (χ1) is 10.9. The molecule has 2 aromatic rings. The van der Waals surface area contributed by atoms with Gasteiger partial charge in [0.15, 0.2) is 25.9 Å². The zero-order valence-corrected chi connectivity index (χ0v) is 14.9. The van der Waals surface area contributed by atoms with E-state index >= 15 is 0 Å². The van der Waals surface area contributed by atoms with Crippen LogP contribution in [0.3, 0.4) is 0 Å². The number of methoxy groups -OCH3 is 1. The second-order valence-electron chi connectivity index (χ2n) is 6.06. The van der Waals surface area contributed by atoms with E-state index in [0.29, 0.717) is 17.2 Å². The fraction of sp³-hybridized carbons (Fsp3) is 0.278. The van der Waals surface area contributed by atoms with Crippen LogP contribution in [0, 0.1) is 11.3 Å². The minimum atomic E-state index is -1.83. The Kier molecular flexibility index (Phi) is 5.43. The van der Waals surface area contributed by atoms with Crippen LogP contribution in [0.2, 0.25) is 19.6 Å². The largest absolute Gasteiger partial charge is 0.493 e. The van der Waals surface area contributed by atoms with Crippen LogP contribution in [-0.4, -0.2) is 15.4 Å². The van der Waals surface area contributed by atoms with Crippen LogP contribution in [0.1, 0.15) is 11.7 Å². The third-order valence-electron chi connectivity index (χ3n) is 3.05. The Morgan fingerprint density at radius 3 is 2.26 bits per heavy atom. The number of hydrogen-bond donors (Lipinski definition) is 0. The van der Waals surface area contributed by atoms with Gasteiger partial charge in [-0.1, -0.05) is 24.3 Å². The normalized spacial score (nSPS) is 12.3. The van der Waals surface area contributed by atoms with Gasteiger partial charge in [-0.15, -0.1) is 0 Å². The third kappa shape index (κ3) is 4.85. The van der Waals surface area contributed by atoms with E-state index < -0.39 is 14.4 Å². The summed E-state index contributed by atoms with van der Waals surface area (Å²) in [5.74, 6) is 1.89. The summed E-state index contributed by atoms with van der Waals surface area (Å²) in [5, 5.41) is 9.43. The summed E-state index contributed by atoms with van der Waals surface area (Å²) in [6.07, 6.45) is -0.606. The zero-order chi connectivity index (χ0) is 16.9. The summed E-state index contributed by atoms with van der Waals surface area (Å²) in [4.78, 5) is 0. The lowest BCUT2D eigenvalue weighted by molar-refractivity contribution is 0.254. The highest BCUT2D eigenvalue weighted by atomic mass is 28.4. The highest BCUT2D eigenvalue weighted by Crippen LogP contribution is 2.35. The highest BCUT2D eigenvalue weighted by Gasteiger charge is 2.23. The maximum Gasteiger partial charge on any atom is 0.186 e. The SMILES string of the molecule is COc1ccc(C(C#N)O[Si](C)(C)C)cc1Oc1ccccc1. The van der Waals surface area contributed by atoms with Gasteiger partial charge in [0.05, 0.1) is 13.2 Å². The average molecular weight is 327 g/mol. The van der Waals surface area contributed by atoms with E-state index in [2.05, 4.69) is 25.7 Å². The summed E-state index contributed by atoms with van der Waals surface area (Å²) in [7, 11) is -0.242. The molecule has 0 spiro atoms. The van der Waals surface area contributed by atoms with Crippen molar-refractivity contribution in [2.75, 3.05) is 7.11 Å². The molecule has 0 amide bonds. The Morgan fingerprint density at radius 1 is 1.00 bits per heavy atom. The van der Waals surface area contributed by atoms with Crippen LogP contribution >= 0.6 is 0 Å². The Balaban J connectivity index is 2.33. The molecule has 0 aliphatic carbocycles. The van der Waals surface area contributed by atoms with Gasteiger partial charge in [0, 0.05) is 0 Å². The van der Waals surface area contributed by atoms with E-state index in [9.17, 15) is 5.26 Å². The molecular weight excluding hydrogens is 306 g/mol. The molecule has 0 aliphatic rings. The molecule has 1 unspecified atom stereocenters. The Hall–Kier alpha value is -2.29. The predicted octanol–water partition coefficient (Wildman–Crippen LogP) is 4.90. The smallest absolute Gasteiger partial charge is 0.186 e. The van der Waals surface area contributed by atoms with Gasteiger partial charge >= 0.3 is 0 Å². The van der Waals surface area contributed by atoms with E-state index in [-0.39, 0.29) is 0 Å². The summed E-state index contributed by atoms with van der Waals surface area (Å²) in [6.45, 7) is 6.17. The van der Waals surface area contributed by atoms with E-state index in [0.717, 1.165) is 5.56 Å². The molecule has 0 saturated carbocycles. The first kappa shape index (κ1) is 17.1. The molecule has 5 heteroatoms. The number of ether oxygens (including phenoxy) is 2. The Morgan fingerprint density at radius 2 is 1.70 bits per heavy atom. The molecule has 0 fully saturated rings. The molecule has 0 N–H and O–H groups in total. The first-order valence-corrected chi connectivity index (χ1v) is 10.8. The number of para-hydroxylation sites is 1. The number of nitriles is 1. The van der Waals surface area contributed by atoms with Gasteiger partial charge in [-0.05, 0) is 49.5 Å². The van der Waals surface area contributed by atoms with Gasteiger partial charge in [0.2, 0.25) is 0 Å². The molecule has 23 heavy (non-hydrogen) atoms. The topological polar surface area (TPSA) is 51.5 Å². The third-order valence-corrected chi connectivity index (χ3v) is 3.99. The molecule has 120 valence electrons. The quantitative estimate of drug-likeness (QED) is 0.708. The van der Waals surface area contributed by atoms with Gasteiger partial charge in [-0.25, -0.2) is 0 Å². The van der Waals surface area contributed by atoms with Crippen molar-refractivity contribution < 1.29 is 13.9 Å². The number of hydrogen-bond acceptors (Lipinski definition) is 4. The van der Waals surface area contributed by atoms with Crippen molar-refractivity contribution >= 4 is 8.32 Å². The second-order valence-corrected chi connectivity index (χ2v) is 10.5. The average Bonchev–Trinajstić information content (AvgIpc) is 2.52. The monoisotopic (exact) mass is 327 g/mol. The summed E-state index contributed by atoms with van der Waals surface area (Å²) < 4.78 is 17.2. The minimum Gasteiger partial charge on any atom is -0.493 e. The first-order valence-electron chi connectivity index (χ1n) is 7.41. The van der Waals surface area contributed by atoms with Crippen LogP contribution in [0.5, 0.6) is 17.2 Å². The van der Waals surface area contributed by atoms with Crippen LogP contribution in [0.25, 0.3) is 0 Å². The van der Waals surface area contributed by atoms with Crippen molar-refractivity contribution in [3.8, 4) is 23.3 Å². The minimum absolute atomic E-state index is 0.565. The molecule has 0 bridgehead atoms. The van der Waals surface area contributed by atoms with Crippen LogP contribution in [-0.2, 0) is 4.43 Å². The molecule has 4 nitrogen and oxygen atoms in total. The molecule has 2 rings (SSSR count). The van der Waals surface area contributed by atoms with E-state index in [1.807, 2.05) is 36.4 Å². The summed E-state index contributed by atoms with van der Waals surface area (Å²) in [6, 6.07) is 17.1. The van der Waals surface area contributed by atoms with E-state index in [1.165, 1.54) is 0 Å². The van der Waals surface area contributed by atoms with Crippen LogP contribution in [0.15, 0.2) is 48.5 Å². The molecule has 0 aliphatic heterocycles. The van der Waals surface area contributed by atoms with Crippen LogP contribution < -0.4 is 9.47 Å². The zero-order valence-electron chi connectivity index (χ0n) is 13.9. The van der Waals surface area contributed by atoms with Crippen molar-refractivity contribution in [3.05, 3.63) is 54.1 Å². The molecule has 0 heterocycles. The summed E-state index contributed by atoms with van der Waals surface area (Å²) >= 11 is 0. The number of rotatable bonds is 6. The maximum atomic E-state index is 9.43. The van der Waals surface area contributed by atoms with Crippen molar-refractivity contribution in [1.29, 1.82) is 5.26 Å². The number of benzene rings is 2. The van der Waals surface area contributed by atoms with E-state index in [4.69, 9.17) is 13.9 Å². The molecule has 2 aromatic carbocycles. The standard InChI is InChI=1S/C18H21NO3Si/c1-20-16-11-10-14(18(13-19)22-23(2,3)4)12-17(16)21-15-8-6-5-7-9-15/h5-12,18H,1-4H3. The molecule has 0 saturated heterocycles. The lowest BCUT2D eigenvalue weighted by atomic mass is 10.1. The van der Waals surface area contributed by atoms with Crippen molar-refractivity contribution in [3.63, 3.8) is 0 Å². The van der Waals surface area contributed by atoms with Crippen molar-refractivity contribution in [2.24, 2.45) is 0 Å². The Labute approximate surface area is 138 Å². The maximum absolute atomic E-state index is 9.43. The fourth-order valence-corrected chi connectivity index (χ4v) is 2.97. The van der Waals surface area contributed by atoms with Gasteiger partial charge < -0.3 is 13.9 Å². The summed E-state index contributed by atoms with van der Waals surface area (Å²) in [5.41, 5.74) is 0.765. The highest BCUT2D eigenvalue weighted by molar-refractivity contribution is 6.69. The van der Waals surface area contributed by atoms with Gasteiger partial charge in [0.1, 0.15) is 5.75 Å². The predicted molar refractivity (Wildman–Crippen MR) is 92.3 cm³/mol. The fourth-order valence-electron chi connectivity index (χ4n) is 2.07. The molecule has 0 aromatic heterocycles. The van der Waals surface area contributed by atoms with Crippen molar-refractivity contribution in [1.82, 2.24) is 0 Å². The van der Waals surface area contributed by atoms with E-state index in [1.54, 1.807) is 19.2 Å². The lowest BCUT2D eigenvalue weighted by Gasteiger charge is -2.22. The second kappa shape index (κ2) is 7.31. The molecular formula is C18H21NO3Si. The van der Waals surface area contributed by atoms with Gasteiger partial charge in [0.25, 0.3) is 0 Å². The lowest BCUT2D eigenvalue weighted by Crippen LogP contribution is -2.27.